The first-order chi connectivity index (χ1) is 9.08. The molecule has 0 aliphatic carbocycles. The zero-order chi connectivity index (χ0) is 13.8. The third-order valence-corrected chi connectivity index (χ3v) is 3.06. The highest BCUT2D eigenvalue weighted by molar-refractivity contribution is 9.10. The van der Waals surface area contributed by atoms with E-state index >= 15 is 0 Å². The van der Waals surface area contributed by atoms with Crippen molar-refractivity contribution in [1.82, 2.24) is 4.98 Å². The molecule has 7 heteroatoms. The molecule has 98 valence electrons. The van der Waals surface area contributed by atoms with Crippen LogP contribution in [-0.2, 0) is 6.54 Å². The number of aromatic nitrogens is 1. The maximum atomic E-state index is 10.9. The lowest BCUT2D eigenvalue weighted by molar-refractivity contribution is -0.383. The summed E-state index contributed by atoms with van der Waals surface area (Å²) in [7, 11) is 0. The van der Waals surface area contributed by atoms with Crippen LogP contribution in [0.3, 0.4) is 0 Å². The van der Waals surface area contributed by atoms with Crippen LogP contribution in [0.25, 0.3) is 0 Å². The number of pyridine rings is 1. The van der Waals surface area contributed by atoms with Gasteiger partial charge in [-0.3, -0.25) is 10.1 Å². The molecule has 0 saturated carbocycles. The molecule has 3 N–H and O–H groups in total. The van der Waals surface area contributed by atoms with Crippen LogP contribution in [0.4, 0.5) is 17.2 Å². The van der Waals surface area contributed by atoms with Crippen molar-refractivity contribution in [1.29, 1.82) is 0 Å². The van der Waals surface area contributed by atoms with E-state index in [1.165, 1.54) is 12.3 Å². The summed E-state index contributed by atoms with van der Waals surface area (Å²) in [5.41, 5.74) is 6.69. The zero-order valence-electron chi connectivity index (χ0n) is 9.84. The van der Waals surface area contributed by atoms with Crippen LogP contribution in [0.5, 0.6) is 0 Å². The van der Waals surface area contributed by atoms with Crippen LogP contribution in [0.2, 0.25) is 0 Å². The lowest BCUT2D eigenvalue weighted by Crippen LogP contribution is -2.05. The standard InChI is InChI=1S/C12H11BrN4O2/c13-9-3-1-8(2-4-9)7-16-10-5-6-15-12(14)11(10)17(18)19/h1-6H,7H2,(H3,14,15,16). The van der Waals surface area contributed by atoms with Crippen LogP contribution in [0.1, 0.15) is 5.56 Å². The van der Waals surface area contributed by atoms with Crippen molar-refractivity contribution in [3.63, 3.8) is 0 Å². The smallest absolute Gasteiger partial charge is 0.333 e. The second kappa shape index (κ2) is 5.66. The Hall–Kier alpha value is -2.15. The van der Waals surface area contributed by atoms with Crippen molar-refractivity contribution >= 4 is 33.1 Å². The molecular formula is C12H11BrN4O2. The summed E-state index contributed by atoms with van der Waals surface area (Å²) in [6, 6.07) is 9.20. The Morgan fingerprint density at radius 1 is 1.32 bits per heavy atom. The number of hydrogen-bond donors (Lipinski definition) is 2. The lowest BCUT2D eigenvalue weighted by atomic mass is 10.2. The van der Waals surface area contributed by atoms with E-state index in [0.29, 0.717) is 12.2 Å². The maximum absolute atomic E-state index is 10.9. The first-order valence-corrected chi connectivity index (χ1v) is 6.24. The van der Waals surface area contributed by atoms with E-state index in [2.05, 4.69) is 26.2 Å². The highest BCUT2D eigenvalue weighted by atomic mass is 79.9. The Morgan fingerprint density at radius 3 is 2.63 bits per heavy atom. The van der Waals surface area contributed by atoms with E-state index in [0.717, 1.165) is 10.0 Å². The number of halogens is 1. The normalized spacial score (nSPS) is 10.2. The Morgan fingerprint density at radius 2 is 2.00 bits per heavy atom. The quantitative estimate of drug-likeness (QED) is 0.666. The fourth-order valence-corrected chi connectivity index (χ4v) is 1.87. The summed E-state index contributed by atoms with van der Waals surface area (Å²) in [5.74, 6) is -0.0918. The Labute approximate surface area is 117 Å². The highest BCUT2D eigenvalue weighted by Crippen LogP contribution is 2.28. The number of nitrogen functional groups attached to an aromatic ring is 1. The first-order valence-electron chi connectivity index (χ1n) is 5.45. The van der Waals surface area contributed by atoms with Crippen molar-refractivity contribution in [3.8, 4) is 0 Å². The van der Waals surface area contributed by atoms with E-state index in [1.54, 1.807) is 0 Å². The molecule has 0 saturated heterocycles. The molecule has 6 nitrogen and oxygen atoms in total. The fourth-order valence-electron chi connectivity index (χ4n) is 1.60. The highest BCUT2D eigenvalue weighted by Gasteiger charge is 2.18. The molecule has 2 rings (SSSR count). The molecule has 1 heterocycles. The van der Waals surface area contributed by atoms with Gasteiger partial charge in [0.1, 0.15) is 5.69 Å². The molecule has 0 aliphatic heterocycles. The van der Waals surface area contributed by atoms with E-state index in [1.807, 2.05) is 24.3 Å². The number of nitrogens with two attached hydrogens (primary N) is 1. The average Bonchev–Trinajstić information content (AvgIpc) is 2.37. The molecule has 0 spiro atoms. The summed E-state index contributed by atoms with van der Waals surface area (Å²) in [6.45, 7) is 0.470. The van der Waals surface area contributed by atoms with Crippen molar-refractivity contribution in [2.75, 3.05) is 11.1 Å². The summed E-state index contributed by atoms with van der Waals surface area (Å²) < 4.78 is 0.982. The number of nitrogens with one attached hydrogen (secondary N) is 1. The van der Waals surface area contributed by atoms with Gasteiger partial charge in [-0.2, -0.15) is 0 Å². The van der Waals surface area contributed by atoms with Gasteiger partial charge in [0, 0.05) is 17.2 Å². The Balaban J connectivity index is 2.18. The fraction of sp³-hybridized carbons (Fsp3) is 0.0833. The number of anilines is 2. The van der Waals surface area contributed by atoms with Gasteiger partial charge in [-0.05, 0) is 23.8 Å². The van der Waals surface area contributed by atoms with Gasteiger partial charge in [0.15, 0.2) is 0 Å². The van der Waals surface area contributed by atoms with Gasteiger partial charge < -0.3 is 11.1 Å². The third kappa shape index (κ3) is 3.19. The number of nitrogens with zero attached hydrogens (tertiary/aromatic N) is 2. The molecule has 2 aromatic rings. The van der Waals surface area contributed by atoms with E-state index in [4.69, 9.17) is 5.73 Å². The number of rotatable bonds is 4. The molecule has 1 aromatic carbocycles. The summed E-state index contributed by atoms with van der Waals surface area (Å²) in [4.78, 5) is 14.1. The minimum absolute atomic E-state index is 0.0918. The largest absolute Gasteiger partial charge is 0.378 e. The van der Waals surface area contributed by atoms with Gasteiger partial charge >= 0.3 is 5.69 Å². The van der Waals surface area contributed by atoms with Crippen molar-refractivity contribution in [2.24, 2.45) is 0 Å². The van der Waals surface area contributed by atoms with Crippen LogP contribution >= 0.6 is 15.9 Å². The van der Waals surface area contributed by atoms with Crippen LogP contribution < -0.4 is 11.1 Å². The van der Waals surface area contributed by atoms with Gasteiger partial charge in [-0.25, -0.2) is 4.98 Å². The van der Waals surface area contributed by atoms with Crippen LogP contribution in [-0.4, -0.2) is 9.91 Å². The van der Waals surface area contributed by atoms with Crippen LogP contribution in [0, 0.1) is 10.1 Å². The maximum Gasteiger partial charge on any atom is 0.333 e. The second-order valence-corrected chi connectivity index (χ2v) is 4.75. The summed E-state index contributed by atoms with van der Waals surface area (Å²) >= 11 is 3.35. The van der Waals surface area contributed by atoms with Crippen molar-refractivity contribution < 1.29 is 4.92 Å². The molecule has 19 heavy (non-hydrogen) atoms. The third-order valence-electron chi connectivity index (χ3n) is 2.53. The number of nitro groups is 1. The minimum Gasteiger partial charge on any atom is -0.378 e. The Bertz CT molecular complexity index is 601. The van der Waals surface area contributed by atoms with Gasteiger partial charge in [0.25, 0.3) is 0 Å². The summed E-state index contributed by atoms with van der Waals surface area (Å²) in [6.07, 6.45) is 1.44. The predicted octanol–water partition coefficient (Wildman–Crippen LogP) is 2.95. The minimum atomic E-state index is -0.535. The van der Waals surface area contributed by atoms with Gasteiger partial charge in [0.05, 0.1) is 4.92 Å². The summed E-state index contributed by atoms with van der Waals surface area (Å²) in [5, 5.41) is 13.9. The topological polar surface area (TPSA) is 94.1 Å². The molecule has 1 aromatic heterocycles. The van der Waals surface area contributed by atoms with E-state index < -0.39 is 4.92 Å². The molecule has 0 atom stereocenters. The molecule has 0 unspecified atom stereocenters. The second-order valence-electron chi connectivity index (χ2n) is 3.83. The average molecular weight is 323 g/mol. The van der Waals surface area contributed by atoms with Crippen molar-refractivity contribution in [3.05, 3.63) is 56.7 Å². The van der Waals surface area contributed by atoms with Crippen molar-refractivity contribution in [2.45, 2.75) is 6.54 Å². The monoisotopic (exact) mass is 322 g/mol. The molecule has 0 radical (unpaired) electrons. The Kier molecular flexibility index (Phi) is 3.96. The molecule has 0 bridgehead atoms. The van der Waals surface area contributed by atoms with E-state index in [-0.39, 0.29) is 11.5 Å². The molecule has 0 aliphatic rings. The van der Waals surface area contributed by atoms with Gasteiger partial charge in [-0.15, -0.1) is 0 Å². The van der Waals surface area contributed by atoms with Gasteiger partial charge in [0.2, 0.25) is 5.82 Å². The first kappa shape index (κ1) is 13.3. The number of hydrogen-bond acceptors (Lipinski definition) is 5. The SMILES string of the molecule is Nc1nccc(NCc2ccc(Br)cc2)c1[N+](=O)[O-]. The van der Waals surface area contributed by atoms with Gasteiger partial charge in [-0.1, -0.05) is 28.1 Å². The van der Waals surface area contributed by atoms with E-state index in [9.17, 15) is 10.1 Å². The van der Waals surface area contributed by atoms with Crippen LogP contribution in [0.15, 0.2) is 41.0 Å². The molecular weight excluding hydrogens is 312 g/mol. The number of benzene rings is 1. The predicted molar refractivity (Wildman–Crippen MR) is 76.8 cm³/mol. The lowest BCUT2D eigenvalue weighted by Gasteiger charge is -2.08. The molecule has 0 fully saturated rings. The zero-order valence-corrected chi connectivity index (χ0v) is 11.4. The molecule has 0 amide bonds.